The van der Waals surface area contributed by atoms with Gasteiger partial charge in [-0.1, -0.05) is 13.8 Å². The van der Waals surface area contributed by atoms with Crippen molar-refractivity contribution in [3.05, 3.63) is 21.4 Å². The third kappa shape index (κ3) is 3.44. The molecule has 1 atom stereocenters. The Bertz CT molecular complexity index is 448. The van der Waals surface area contributed by atoms with E-state index >= 15 is 0 Å². The lowest BCUT2D eigenvalue weighted by molar-refractivity contribution is 0.199. The van der Waals surface area contributed by atoms with E-state index in [2.05, 4.69) is 37.1 Å². The van der Waals surface area contributed by atoms with E-state index in [9.17, 15) is 0 Å². The molecular formula is C17H28N2S. The van der Waals surface area contributed by atoms with Crippen molar-refractivity contribution in [2.45, 2.75) is 71.6 Å². The van der Waals surface area contributed by atoms with Gasteiger partial charge in [0.15, 0.2) is 0 Å². The van der Waals surface area contributed by atoms with Crippen LogP contribution in [0.25, 0.3) is 0 Å². The van der Waals surface area contributed by atoms with E-state index in [4.69, 9.17) is 0 Å². The topological polar surface area (TPSA) is 15.3 Å². The average molecular weight is 292 g/mol. The van der Waals surface area contributed by atoms with Crippen molar-refractivity contribution < 1.29 is 0 Å². The van der Waals surface area contributed by atoms with Crippen LogP contribution in [0.3, 0.4) is 0 Å². The quantitative estimate of drug-likeness (QED) is 0.854. The SMILES string of the molecule is Cc1sc(CNC2CC2)cc1CN1CCCC1C(C)C. The minimum Gasteiger partial charge on any atom is -0.309 e. The molecule has 112 valence electrons. The number of likely N-dealkylation sites (tertiary alicyclic amines) is 1. The van der Waals surface area contributed by atoms with Crippen LogP contribution in [0.1, 0.15) is 54.8 Å². The fraction of sp³-hybridized carbons (Fsp3) is 0.765. The van der Waals surface area contributed by atoms with Gasteiger partial charge in [0.1, 0.15) is 0 Å². The summed E-state index contributed by atoms with van der Waals surface area (Å²) < 4.78 is 0. The van der Waals surface area contributed by atoms with E-state index in [0.717, 1.165) is 31.1 Å². The molecule has 3 rings (SSSR count). The second-order valence-corrected chi connectivity index (χ2v) is 8.21. The standard InChI is InChI=1S/C17H28N2S/c1-12(2)17-5-4-8-19(17)11-14-9-16(20-13(14)3)10-18-15-6-7-15/h9,12,15,17-18H,4-8,10-11H2,1-3H3. The van der Waals surface area contributed by atoms with Crippen molar-refractivity contribution in [2.24, 2.45) is 5.92 Å². The van der Waals surface area contributed by atoms with E-state index in [1.165, 1.54) is 42.0 Å². The van der Waals surface area contributed by atoms with E-state index < -0.39 is 0 Å². The fourth-order valence-corrected chi connectivity index (χ4v) is 4.39. The van der Waals surface area contributed by atoms with Gasteiger partial charge < -0.3 is 5.32 Å². The first-order chi connectivity index (χ1) is 9.63. The smallest absolute Gasteiger partial charge is 0.0302 e. The Balaban J connectivity index is 1.61. The molecule has 0 aromatic carbocycles. The van der Waals surface area contributed by atoms with Crippen LogP contribution in [-0.2, 0) is 13.1 Å². The van der Waals surface area contributed by atoms with Crippen LogP contribution in [0.4, 0.5) is 0 Å². The van der Waals surface area contributed by atoms with Crippen molar-refractivity contribution in [1.82, 2.24) is 10.2 Å². The first-order valence-corrected chi connectivity index (χ1v) is 9.00. The van der Waals surface area contributed by atoms with Crippen molar-refractivity contribution >= 4 is 11.3 Å². The lowest BCUT2D eigenvalue weighted by atomic mass is 10.0. The largest absolute Gasteiger partial charge is 0.309 e. The van der Waals surface area contributed by atoms with Crippen molar-refractivity contribution in [3.63, 3.8) is 0 Å². The van der Waals surface area contributed by atoms with Crippen LogP contribution in [0.5, 0.6) is 0 Å². The zero-order valence-electron chi connectivity index (χ0n) is 13.1. The number of nitrogens with zero attached hydrogens (tertiary/aromatic N) is 1. The Hall–Kier alpha value is -0.380. The Morgan fingerprint density at radius 2 is 2.15 bits per heavy atom. The van der Waals surface area contributed by atoms with Gasteiger partial charge in [0.05, 0.1) is 0 Å². The molecule has 1 aliphatic carbocycles. The summed E-state index contributed by atoms with van der Waals surface area (Å²) in [5.74, 6) is 0.785. The highest BCUT2D eigenvalue weighted by Gasteiger charge is 2.27. The van der Waals surface area contributed by atoms with Crippen LogP contribution in [0, 0.1) is 12.8 Å². The summed E-state index contributed by atoms with van der Waals surface area (Å²) in [4.78, 5) is 5.74. The molecule has 20 heavy (non-hydrogen) atoms. The van der Waals surface area contributed by atoms with Gasteiger partial charge in [-0.05, 0) is 56.7 Å². The number of aryl methyl sites for hydroxylation is 1. The maximum atomic E-state index is 3.63. The van der Waals surface area contributed by atoms with E-state index in [-0.39, 0.29) is 0 Å². The number of hydrogen-bond donors (Lipinski definition) is 1. The molecule has 1 saturated heterocycles. The highest BCUT2D eigenvalue weighted by molar-refractivity contribution is 7.12. The monoisotopic (exact) mass is 292 g/mol. The molecule has 0 amide bonds. The molecule has 1 N–H and O–H groups in total. The Morgan fingerprint density at radius 1 is 1.35 bits per heavy atom. The summed E-state index contributed by atoms with van der Waals surface area (Å²) in [6.07, 6.45) is 5.52. The summed E-state index contributed by atoms with van der Waals surface area (Å²) in [5, 5.41) is 3.63. The van der Waals surface area contributed by atoms with Crippen LogP contribution >= 0.6 is 11.3 Å². The molecule has 3 heteroatoms. The normalized spacial score (nSPS) is 23.9. The highest BCUT2D eigenvalue weighted by Crippen LogP contribution is 2.29. The maximum Gasteiger partial charge on any atom is 0.0302 e. The minimum atomic E-state index is 0.785. The summed E-state index contributed by atoms with van der Waals surface area (Å²) in [5.41, 5.74) is 1.56. The lowest BCUT2D eigenvalue weighted by Crippen LogP contribution is -2.32. The summed E-state index contributed by atoms with van der Waals surface area (Å²) in [7, 11) is 0. The van der Waals surface area contributed by atoms with Crippen LogP contribution < -0.4 is 5.32 Å². The minimum absolute atomic E-state index is 0.785. The lowest BCUT2D eigenvalue weighted by Gasteiger charge is -2.27. The molecule has 0 radical (unpaired) electrons. The summed E-state index contributed by atoms with van der Waals surface area (Å²) >= 11 is 1.99. The van der Waals surface area contributed by atoms with Crippen molar-refractivity contribution in [2.75, 3.05) is 6.54 Å². The molecule has 2 fully saturated rings. The summed E-state index contributed by atoms with van der Waals surface area (Å²) in [6.45, 7) is 10.6. The van der Waals surface area contributed by atoms with E-state index in [1.807, 2.05) is 11.3 Å². The molecule has 1 aliphatic heterocycles. The van der Waals surface area contributed by atoms with Crippen molar-refractivity contribution in [1.29, 1.82) is 0 Å². The Labute approximate surface area is 127 Å². The van der Waals surface area contributed by atoms with E-state index in [1.54, 1.807) is 5.56 Å². The molecule has 0 spiro atoms. The van der Waals surface area contributed by atoms with Gasteiger partial charge in [-0.25, -0.2) is 0 Å². The predicted molar refractivity (Wildman–Crippen MR) is 87.2 cm³/mol. The third-order valence-electron chi connectivity index (χ3n) is 4.77. The van der Waals surface area contributed by atoms with Gasteiger partial charge in [0.25, 0.3) is 0 Å². The van der Waals surface area contributed by atoms with Gasteiger partial charge in [0, 0.05) is 34.9 Å². The Kier molecular flexibility index (Phi) is 4.49. The Morgan fingerprint density at radius 3 is 2.85 bits per heavy atom. The van der Waals surface area contributed by atoms with Gasteiger partial charge in [-0.3, -0.25) is 4.90 Å². The number of thiophene rings is 1. The molecule has 2 aliphatic rings. The number of hydrogen-bond acceptors (Lipinski definition) is 3. The molecule has 2 nitrogen and oxygen atoms in total. The molecule has 0 bridgehead atoms. The van der Waals surface area contributed by atoms with Crippen LogP contribution in [0.15, 0.2) is 6.07 Å². The predicted octanol–water partition coefficient (Wildman–Crippen LogP) is 3.93. The fourth-order valence-electron chi connectivity index (χ4n) is 3.39. The second-order valence-electron chi connectivity index (χ2n) is 6.87. The van der Waals surface area contributed by atoms with Gasteiger partial charge in [-0.15, -0.1) is 11.3 Å². The number of rotatable bonds is 6. The number of nitrogens with one attached hydrogen (secondary N) is 1. The maximum absolute atomic E-state index is 3.63. The van der Waals surface area contributed by atoms with Gasteiger partial charge >= 0.3 is 0 Å². The molecule has 1 aromatic rings. The first kappa shape index (κ1) is 14.6. The second kappa shape index (κ2) is 6.17. The van der Waals surface area contributed by atoms with Crippen molar-refractivity contribution in [3.8, 4) is 0 Å². The zero-order chi connectivity index (χ0) is 14.1. The van der Waals surface area contributed by atoms with Gasteiger partial charge in [-0.2, -0.15) is 0 Å². The molecular weight excluding hydrogens is 264 g/mol. The van der Waals surface area contributed by atoms with E-state index in [0.29, 0.717) is 0 Å². The molecule has 1 saturated carbocycles. The highest BCUT2D eigenvalue weighted by atomic mass is 32.1. The first-order valence-electron chi connectivity index (χ1n) is 8.19. The molecule has 1 aromatic heterocycles. The van der Waals surface area contributed by atoms with Crippen LogP contribution in [-0.4, -0.2) is 23.5 Å². The molecule has 2 heterocycles. The molecule has 1 unspecified atom stereocenters. The van der Waals surface area contributed by atoms with Gasteiger partial charge in [0.2, 0.25) is 0 Å². The zero-order valence-corrected chi connectivity index (χ0v) is 13.9. The summed E-state index contributed by atoms with van der Waals surface area (Å²) in [6, 6.07) is 4.05. The van der Waals surface area contributed by atoms with Crippen LogP contribution in [0.2, 0.25) is 0 Å². The third-order valence-corrected chi connectivity index (χ3v) is 5.86. The average Bonchev–Trinajstić information content (AvgIpc) is 3.01.